The first-order valence-corrected chi connectivity index (χ1v) is 12.7. The smallest absolute Gasteiger partial charge is 0.339 e. The van der Waals surface area contributed by atoms with E-state index >= 15 is 0 Å². The molecule has 0 radical (unpaired) electrons. The highest BCUT2D eigenvalue weighted by Crippen LogP contribution is 2.49. The lowest BCUT2D eigenvalue weighted by atomic mass is 9.93. The Morgan fingerprint density at radius 3 is 2.06 bits per heavy atom. The van der Waals surface area contributed by atoms with Crippen LogP contribution >= 0.6 is 11.3 Å². The summed E-state index contributed by atoms with van der Waals surface area (Å²) in [6.07, 6.45) is 1.69. The summed E-state index contributed by atoms with van der Waals surface area (Å²) >= 11 is 1.53. The van der Waals surface area contributed by atoms with Gasteiger partial charge in [-0.3, -0.25) is 4.79 Å². The fourth-order valence-electron chi connectivity index (χ4n) is 4.30. The van der Waals surface area contributed by atoms with E-state index in [4.69, 9.17) is 9.47 Å². The number of benzene rings is 3. The van der Waals surface area contributed by atoms with Gasteiger partial charge in [0.05, 0.1) is 17.6 Å². The second-order valence-corrected chi connectivity index (χ2v) is 9.60. The van der Waals surface area contributed by atoms with Crippen molar-refractivity contribution in [3.8, 4) is 21.6 Å². The van der Waals surface area contributed by atoms with Crippen LogP contribution in [0.25, 0.3) is 21.6 Å². The van der Waals surface area contributed by atoms with Gasteiger partial charge < -0.3 is 9.47 Å². The van der Waals surface area contributed by atoms with Crippen LogP contribution in [0.3, 0.4) is 0 Å². The van der Waals surface area contributed by atoms with Crippen LogP contribution in [0.4, 0.5) is 0 Å². The highest BCUT2D eigenvalue weighted by atomic mass is 32.1. The molecule has 0 saturated heterocycles. The molecule has 4 nitrogen and oxygen atoms in total. The average molecular weight is 483 g/mol. The van der Waals surface area contributed by atoms with E-state index in [1.165, 1.54) is 11.3 Å². The topological polar surface area (TPSA) is 52.6 Å². The van der Waals surface area contributed by atoms with Gasteiger partial charge in [-0.1, -0.05) is 78.9 Å². The Morgan fingerprint density at radius 1 is 0.800 bits per heavy atom. The van der Waals surface area contributed by atoms with Crippen LogP contribution < -0.4 is 0 Å². The maximum atomic E-state index is 12.7. The molecule has 1 saturated carbocycles. The van der Waals surface area contributed by atoms with Crippen molar-refractivity contribution in [1.29, 1.82) is 0 Å². The van der Waals surface area contributed by atoms with Gasteiger partial charge in [-0.25, -0.2) is 4.79 Å². The highest BCUT2D eigenvalue weighted by molar-refractivity contribution is 7.14. The number of esters is 2. The molecule has 0 unspecified atom stereocenters. The first kappa shape index (κ1) is 23.1. The average Bonchev–Trinajstić information content (AvgIpc) is 3.58. The van der Waals surface area contributed by atoms with Crippen LogP contribution in [0.2, 0.25) is 0 Å². The second kappa shape index (κ2) is 9.88. The third-order valence-electron chi connectivity index (χ3n) is 6.43. The van der Waals surface area contributed by atoms with Crippen LogP contribution in [0.15, 0.2) is 90.3 Å². The van der Waals surface area contributed by atoms with E-state index in [1.54, 1.807) is 0 Å². The molecule has 1 aliphatic carbocycles. The summed E-state index contributed by atoms with van der Waals surface area (Å²) in [6.45, 7) is 2.50. The summed E-state index contributed by atoms with van der Waals surface area (Å²) < 4.78 is 10.8. The quantitative estimate of drug-likeness (QED) is 0.253. The summed E-state index contributed by atoms with van der Waals surface area (Å²) in [5.74, 6) is -0.438. The molecule has 5 rings (SSSR count). The third-order valence-corrected chi connectivity index (χ3v) is 7.40. The van der Waals surface area contributed by atoms with Gasteiger partial charge in [0.2, 0.25) is 0 Å². The number of ether oxygens (including phenoxy) is 2. The van der Waals surface area contributed by atoms with Crippen LogP contribution in [-0.2, 0) is 26.3 Å². The summed E-state index contributed by atoms with van der Waals surface area (Å²) in [4.78, 5) is 26.0. The maximum Gasteiger partial charge on any atom is 0.339 e. The van der Waals surface area contributed by atoms with Crippen molar-refractivity contribution in [2.24, 2.45) is 0 Å². The molecule has 1 aliphatic rings. The number of thiophene rings is 1. The number of carbonyl (C=O) groups excluding carboxylic acids is 2. The molecule has 0 bridgehead atoms. The fraction of sp³-hybridized carbons (Fsp3) is 0.200. The first-order chi connectivity index (χ1) is 17.1. The molecule has 0 aliphatic heterocycles. The lowest BCUT2D eigenvalue weighted by molar-refractivity contribution is -0.146. The van der Waals surface area contributed by atoms with E-state index in [0.29, 0.717) is 12.2 Å². The van der Waals surface area contributed by atoms with E-state index in [2.05, 4.69) is 24.3 Å². The van der Waals surface area contributed by atoms with Gasteiger partial charge in [0.1, 0.15) is 6.61 Å². The van der Waals surface area contributed by atoms with Crippen LogP contribution in [0, 0.1) is 0 Å². The van der Waals surface area contributed by atoms with E-state index in [9.17, 15) is 9.59 Å². The van der Waals surface area contributed by atoms with E-state index in [1.807, 2.05) is 73.0 Å². The predicted octanol–water partition coefficient (Wildman–Crippen LogP) is 7.03. The van der Waals surface area contributed by atoms with Crippen LogP contribution in [0.1, 0.15) is 41.3 Å². The van der Waals surface area contributed by atoms with Crippen molar-refractivity contribution in [3.05, 3.63) is 107 Å². The Labute approximate surface area is 209 Å². The fourth-order valence-corrected chi connectivity index (χ4v) is 5.19. The molecule has 4 aromatic rings. The number of rotatable bonds is 8. The summed E-state index contributed by atoms with van der Waals surface area (Å²) in [5, 5.41) is 1.92. The van der Waals surface area contributed by atoms with E-state index < -0.39 is 5.41 Å². The Bertz CT molecular complexity index is 1320. The second-order valence-electron chi connectivity index (χ2n) is 8.68. The molecule has 1 heterocycles. The van der Waals surface area contributed by atoms with Crippen LogP contribution in [0.5, 0.6) is 0 Å². The summed E-state index contributed by atoms with van der Waals surface area (Å²) in [6, 6.07) is 27.9. The van der Waals surface area contributed by atoms with Gasteiger partial charge >= 0.3 is 11.9 Å². The standard InChI is InChI=1S/C30H26O4S/c1-2-33-29(32)30(17-18-30)25-14-12-23(13-15-25)22-8-10-24(11-9-22)27-26(16-19-35-27)28(31)34-20-21-6-4-3-5-7-21/h3-16,19H,2,17-18,20H2,1H3. The first-order valence-electron chi connectivity index (χ1n) is 11.8. The molecule has 0 spiro atoms. The van der Waals surface area contributed by atoms with Crippen molar-refractivity contribution in [2.45, 2.75) is 31.8 Å². The minimum atomic E-state index is -0.455. The monoisotopic (exact) mass is 482 g/mol. The summed E-state index contributed by atoms with van der Waals surface area (Å²) in [7, 11) is 0. The molecule has 0 atom stereocenters. The molecule has 35 heavy (non-hydrogen) atoms. The normalized spacial score (nSPS) is 13.7. The van der Waals surface area contributed by atoms with Gasteiger partial charge in [-0.05, 0) is 59.0 Å². The van der Waals surface area contributed by atoms with Crippen molar-refractivity contribution in [1.82, 2.24) is 0 Å². The van der Waals surface area contributed by atoms with Gasteiger partial charge in [0, 0.05) is 4.88 Å². The lowest BCUT2D eigenvalue weighted by Gasteiger charge is -2.14. The molecule has 0 amide bonds. The maximum absolute atomic E-state index is 12.7. The SMILES string of the molecule is CCOC(=O)C1(c2ccc(-c3ccc(-c4sccc4C(=O)OCc4ccccc4)cc3)cc2)CC1. The zero-order valence-electron chi connectivity index (χ0n) is 19.5. The minimum absolute atomic E-state index is 0.119. The Morgan fingerprint density at radius 2 is 1.43 bits per heavy atom. The minimum Gasteiger partial charge on any atom is -0.465 e. The Hall–Kier alpha value is -3.70. The molecule has 5 heteroatoms. The summed E-state index contributed by atoms with van der Waals surface area (Å²) in [5.41, 5.74) is 5.24. The van der Waals surface area contributed by atoms with Gasteiger partial charge in [0.25, 0.3) is 0 Å². The van der Waals surface area contributed by atoms with Gasteiger partial charge in [-0.15, -0.1) is 11.3 Å². The number of hydrogen-bond donors (Lipinski definition) is 0. The van der Waals surface area contributed by atoms with E-state index in [-0.39, 0.29) is 18.5 Å². The largest absolute Gasteiger partial charge is 0.465 e. The molecule has 1 fully saturated rings. The Balaban J connectivity index is 1.29. The van der Waals surface area contributed by atoms with Crippen LogP contribution in [-0.4, -0.2) is 18.5 Å². The van der Waals surface area contributed by atoms with Gasteiger partial charge in [0.15, 0.2) is 0 Å². The van der Waals surface area contributed by atoms with Crippen molar-refractivity contribution < 1.29 is 19.1 Å². The predicted molar refractivity (Wildman–Crippen MR) is 138 cm³/mol. The number of hydrogen-bond acceptors (Lipinski definition) is 5. The number of carbonyl (C=O) groups is 2. The molecule has 1 aromatic heterocycles. The van der Waals surface area contributed by atoms with E-state index in [0.717, 1.165) is 45.5 Å². The lowest BCUT2D eigenvalue weighted by Crippen LogP contribution is -2.23. The molecular formula is C30H26O4S. The Kier molecular flexibility index (Phi) is 6.51. The molecule has 176 valence electrons. The third kappa shape index (κ3) is 4.77. The zero-order valence-corrected chi connectivity index (χ0v) is 20.3. The van der Waals surface area contributed by atoms with Crippen molar-refractivity contribution >= 4 is 23.3 Å². The molecule has 3 aromatic carbocycles. The molecular weight excluding hydrogens is 456 g/mol. The van der Waals surface area contributed by atoms with Crippen molar-refractivity contribution in [3.63, 3.8) is 0 Å². The highest BCUT2D eigenvalue weighted by Gasteiger charge is 2.52. The van der Waals surface area contributed by atoms with Gasteiger partial charge in [-0.2, -0.15) is 0 Å². The zero-order chi connectivity index (χ0) is 24.3. The molecule has 0 N–H and O–H groups in total. The van der Waals surface area contributed by atoms with Crippen molar-refractivity contribution in [2.75, 3.05) is 6.61 Å².